The van der Waals surface area contributed by atoms with Crippen molar-refractivity contribution in [1.29, 1.82) is 0 Å². The van der Waals surface area contributed by atoms with Gasteiger partial charge >= 0.3 is 11.9 Å². The Hall–Kier alpha value is -1.75. The summed E-state index contributed by atoms with van der Waals surface area (Å²) in [5, 5.41) is 12.9. The van der Waals surface area contributed by atoms with Gasteiger partial charge in [0.15, 0.2) is 0 Å². The molecule has 118 valence electrons. The first-order valence-corrected chi connectivity index (χ1v) is 7.25. The summed E-state index contributed by atoms with van der Waals surface area (Å²) in [6.07, 6.45) is 0.131. The number of aliphatic carboxylic acids is 1. The van der Waals surface area contributed by atoms with E-state index in [4.69, 9.17) is 10.3 Å². The number of carboxylic acid groups (broad SMARTS) is 1. The average Bonchev–Trinajstić information content (AvgIpc) is 2.75. The van der Waals surface area contributed by atoms with Crippen LogP contribution in [0.4, 0.5) is 0 Å². The molecule has 21 heavy (non-hydrogen) atoms. The highest BCUT2D eigenvalue weighted by molar-refractivity contribution is 5.75. The molecule has 7 nitrogen and oxygen atoms in total. The van der Waals surface area contributed by atoms with E-state index in [0.717, 1.165) is 0 Å². The van der Waals surface area contributed by atoms with Crippen LogP contribution in [0.25, 0.3) is 10.4 Å². The quantitative estimate of drug-likeness (QED) is 0.337. The first kappa shape index (κ1) is 17.3. The minimum atomic E-state index is -0.923. The van der Waals surface area contributed by atoms with Gasteiger partial charge in [-0.25, -0.2) is 0 Å². The fourth-order valence-electron chi connectivity index (χ4n) is 2.67. The maximum absolute atomic E-state index is 11.8. The summed E-state index contributed by atoms with van der Waals surface area (Å²) < 4.78 is 5.31. The molecule has 1 fully saturated rings. The van der Waals surface area contributed by atoms with Crippen molar-refractivity contribution in [3.8, 4) is 0 Å². The maximum Gasteiger partial charge on any atom is 0.309 e. The van der Waals surface area contributed by atoms with Crippen LogP contribution in [0, 0.1) is 23.7 Å². The molecule has 4 atom stereocenters. The van der Waals surface area contributed by atoms with Crippen molar-refractivity contribution in [3.63, 3.8) is 0 Å². The smallest absolute Gasteiger partial charge is 0.309 e. The van der Waals surface area contributed by atoms with Gasteiger partial charge in [-0.15, -0.1) is 0 Å². The Morgan fingerprint density at radius 3 is 2.48 bits per heavy atom. The molecule has 1 aliphatic rings. The van der Waals surface area contributed by atoms with E-state index in [9.17, 15) is 14.7 Å². The number of carboxylic acids is 1. The van der Waals surface area contributed by atoms with E-state index >= 15 is 0 Å². The minimum Gasteiger partial charge on any atom is -0.481 e. The SMILES string of the molecule is CC(C)[C@H](C[C@H](N=[N+]=[N-])[C@@H]1C[C@@H](C(C)C)C(=O)O1)C(=O)O. The molecule has 1 N–H and O–H groups in total. The largest absolute Gasteiger partial charge is 0.481 e. The highest BCUT2D eigenvalue weighted by Gasteiger charge is 2.41. The first-order valence-electron chi connectivity index (χ1n) is 7.25. The van der Waals surface area contributed by atoms with E-state index in [0.29, 0.717) is 6.42 Å². The van der Waals surface area contributed by atoms with E-state index < -0.39 is 24.0 Å². The predicted octanol–water partition coefficient (Wildman–Crippen LogP) is 3.00. The molecule has 0 amide bonds. The number of carbonyl (C=O) groups excluding carboxylic acids is 1. The van der Waals surface area contributed by atoms with E-state index in [1.54, 1.807) is 0 Å². The first-order chi connectivity index (χ1) is 9.77. The summed E-state index contributed by atoms with van der Waals surface area (Å²) in [5.41, 5.74) is 8.70. The topological polar surface area (TPSA) is 112 Å². The van der Waals surface area contributed by atoms with Crippen molar-refractivity contribution in [2.75, 3.05) is 0 Å². The Kier molecular flexibility index (Phi) is 6.03. The second-order valence-electron chi connectivity index (χ2n) is 6.26. The van der Waals surface area contributed by atoms with Gasteiger partial charge in [-0.05, 0) is 30.2 Å². The number of esters is 1. The zero-order valence-electron chi connectivity index (χ0n) is 12.9. The van der Waals surface area contributed by atoms with Gasteiger partial charge in [0.2, 0.25) is 0 Å². The van der Waals surface area contributed by atoms with Crippen LogP contribution in [0.1, 0.15) is 40.5 Å². The number of cyclic esters (lactones) is 1. The van der Waals surface area contributed by atoms with E-state index in [2.05, 4.69) is 10.0 Å². The molecule has 1 saturated heterocycles. The minimum absolute atomic E-state index is 0.0862. The second-order valence-corrected chi connectivity index (χ2v) is 6.26. The number of nitrogens with zero attached hydrogens (tertiary/aromatic N) is 3. The molecular weight excluding hydrogens is 274 g/mol. The van der Waals surface area contributed by atoms with Crippen molar-refractivity contribution in [1.82, 2.24) is 0 Å². The second kappa shape index (κ2) is 7.31. The Balaban J connectivity index is 2.86. The van der Waals surface area contributed by atoms with Gasteiger partial charge in [-0.3, -0.25) is 9.59 Å². The number of rotatable bonds is 7. The van der Waals surface area contributed by atoms with Gasteiger partial charge < -0.3 is 9.84 Å². The molecule has 1 heterocycles. The Bertz CT molecular complexity index is 444. The third-order valence-electron chi connectivity index (χ3n) is 4.11. The molecule has 0 saturated carbocycles. The molecule has 1 rings (SSSR count). The van der Waals surface area contributed by atoms with Crippen molar-refractivity contribution in [3.05, 3.63) is 10.4 Å². The van der Waals surface area contributed by atoms with Crippen LogP contribution in [0.5, 0.6) is 0 Å². The molecule has 1 aliphatic heterocycles. The summed E-state index contributed by atoms with van der Waals surface area (Å²) >= 11 is 0. The van der Waals surface area contributed by atoms with Gasteiger partial charge in [0.1, 0.15) is 6.10 Å². The predicted molar refractivity (Wildman–Crippen MR) is 76.3 cm³/mol. The lowest BCUT2D eigenvalue weighted by Gasteiger charge is -2.23. The number of hydrogen-bond acceptors (Lipinski definition) is 4. The summed E-state index contributed by atoms with van der Waals surface area (Å²) in [4.78, 5) is 25.9. The number of hydrogen-bond donors (Lipinski definition) is 1. The fraction of sp³-hybridized carbons (Fsp3) is 0.857. The highest BCUT2D eigenvalue weighted by Crippen LogP contribution is 2.33. The van der Waals surface area contributed by atoms with Crippen LogP contribution in [0.15, 0.2) is 5.11 Å². The molecule has 0 bridgehead atoms. The van der Waals surface area contributed by atoms with Crippen molar-refractivity contribution in [2.24, 2.45) is 28.8 Å². The van der Waals surface area contributed by atoms with E-state index in [-0.39, 0.29) is 30.1 Å². The Morgan fingerprint density at radius 1 is 1.48 bits per heavy atom. The molecule has 7 heteroatoms. The fourth-order valence-corrected chi connectivity index (χ4v) is 2.67. The van der Waals surface area contributed by atoms with Crippen LogP contribution in [0.3, 0.4) is 0 Å². The third-order valence-corrected chi connectivity index (χ3v) is 4.11. The monoisotopic (exact) mass is 297 g/mol. The van der Waals surface area contributed by atoms with Gasteiger partial charge in [-0.2, -0.15) is 0 Å². The van der Waals surface area contributed by atoms with Crippen LogP contribution in [0.2, 0.25) is 0 Å². The summed E-state index contributed by atoms with van der Waals surface area (Å²) in [7, 11) is 0. The lowest BCUT2D eigenvalue weighted by molar-refractivity contribution is -0.146. The molecule has 0 spiro atoms. The zero-order valence-corrected chi connectivity index (χ0v) is 12.9. The zero-order chi connectivity index (χ0) is 16.2. The third kappa shape index (κ3) is 4.36. The summed E-state index contributed by atoms with van der Waals surface area (Å²) in [6.45, 7) is 7.49. The number of carbonyl (C=O) groups is 2. The van der Waals surface area contributed by atoms with E-state index in [1.807, 2.05) is 27.7 Å². The van der Waals surface area contributed by atoms with Gasteiger partial charge in [0.05, 0.1) is 17.9 Å². The molecule has 0 aromatic heterocycles. The van der Waals surface area contributed by atoms with E-state index in [1.165, 1.54) is 0 Å². The number of azide groups is 1. The molecule has 0 aliphatic carbocycles. The molecule has 0 radical (unpaired) electrons. The van der Waals surface area contributed by atoms with Gasteiger partial charge in [-0.1, -0.05) is 32.8 Å². The summed E-state index contributed by atoms with van der Waals surface area (Å²) in [5.74, 6) is -1.99. The van der Waals surface area contributed by atoms with Crippen LogP contribution in [-0.4, -0.2) is 29.2 Å². The lowest BCUT2D eigenvalue weighted by atomic mass is 9.85. The molecule has 0 aromatic rings. The Labute approximate surface area is 124 Å². The van der Waals surface area contributed by atoms with Crippen molar-refractivity contribution >= 4 is 11.9 Å². The standard InChI is InChI=1S/C14H23N3O4/c1-7(2)9(13(18)19)5-11(16-17-15)12-6-10(8(3)4)14(20)21-12/h7-12H,5-6H2,1-4H3,(H,18,19)/t9-,10-,11-,12-/m0/s1. The number of ether oxygens (including phenoxy) is 1. The van der Waals surface area contributed by atoms with Gasteiger partial charge in [0.25, 0.3) is 0 Å². The molecule has 0 unspecified atom stereocenters. The van der Waals surface area contributed by atoms with Crippen molar-refractivity contribution < 1.29 is 19.4 Å². The normalized spacial score (nSPS) is 24.6. The lowest BCUT2D eigenvalue weighted by Crippen LogP contribution is -2.31. The van der Waals surface area contributed by atoms with Gasteiger partial charge in [0, 0.05) is 4.91 Å². The summed E-state index contributed by atoms with van der Waals surface area (Å²) in [6, 6.07) is -0.633. The van der Waals surface area contributed by atoms with Crippen LogP contribution >= 0.6 is 0 Å². The Morgan fingerprint density at radius 2 is 2.10 bits per heavy atom. The molecular formula is C14H23N3O4. The molecule has 0 aromatic carbocycles. The van der Waals surface area contributed by atoms with Crippen molar-refractivity contribution in [2.45, 2.75) is 52.7 Å². The average molecular weight is 297 g/mol. The maximum atomic E-state index is 11.8. The van der Waals surface area contributed by atoms with Crippen LogP contribution < -0.4 is 0 Å². The highest BCUT2D eigenvalue weighted by atomic mass is 16.6. The van der Waals surface area contributed by atoms with Crippen LogP contribution in [-0.2, 0) is 14.3 Å².